The molecule has 0 atom stereocenters. The fourth-order valence-electron chi connectivity index (χ4n) is 3.28. The van der Waals surface area contributed by atoms with E-state index in [1.165, 1.54) is 44.8 Å². The number of nitrogens with one attached hydrogen (secondary N) is 3. The van der Waals surface area contributed by atoms with Gasteiger partial charge < -0.3 is 20.9 Å². The van der Waals surface area contributed by atoms with E-state index >= 15 is 0 Å². The lowest BCUT2D eigenvalue weighted by Gasteiger charge is -2.20. The minimum atomic E-state index is -0.365. The van der Waals surface area contributed by atoms with Crippen molar-refractivity contribution in [3.63, 3.8) is 0 Å². The largest absolute Gasteiger partial charge is 0.356 e. The number of benzene rings is 1. The lowest BCUT2D eigenvalue weighted by molar-refractivity contribution is 0.0954. The lowest BCUT2D eigenvalue weighted by atomic mass is 10.1. The number of guanidine groups is 1. The van der Waals surface area contributed by atoms with Crippen LogP contribution in [0.1, 0.15) is 48.0 Å². The van der Waals surface area contributed by atoms with Gasteiger partial charge >= 0.3 is 0 Å². The van der Waals surface area contributed by atoms with Crippen molar-refractivity contribution >= 4 is 11.9 Å². The molecule has 1 heterocycles. The van der Waals surface area contributed by atoms with Crippen LogP contribution in [0.3, 0.4) is 0 Å². The van der Waals surface area contributed by atoms with Crippen LogP contribution >= 0.6 is 0 Å². The first-order valence-corrected chi connectivity index (χ1v) is 10.3. The Kier molecular flexibility index (Phi) is 9.76. The summed E-state index contributed by atoms with van der Waals surface area (Å²) >= 11 is 0. The van der Waals surface area contributed by atoms with Crippen molar-refractivity contribution in [2.45, 2.75) is 39.0 Å². The van der Waals surface area contributed by atoms with Crippen LogP contribution in [0.25, 0.3) is 0 Å². The molecule has 6 nitrogen and oxygen atoms in total. The Balaban J connectivity index is 1.58. The monoisotopic (exact) mass is 391 g/mol. The smallest absolute Gasteiger partial charge is 0.251 e. The molecule has 1 amide bonds. The second-order valence-corrected chi connectivity index (χ2v) is 7.26. The van der Waals surface area contributed by atoms with Gasteiger partial charge in [-0.1, -0.05) is 18.9 Å². The summed E-state index contributed by atoms with van der Waals surface area (Å²) in [5.74, 6) is 0.0862. The highest BCUT2D eigenvalue weighted by molar-refractivity contribution is 5.94. The van der Waals surface area contributed by atoms with Crippen LogP contribution in [0.2, 0.25) is 0 Å². The Morgan fingerprint density at radius 3 is 2.43 bits per heavy atom. The summed E-state index contributed by atoms with van der Waals surface area (Å²) in [5.41, 5.74) is 0.864. The van der Waals surface area contributed by atoms with Gasteiger partial charge in [0.05, 0.1) is 0 Å². The van der Waals surface area contributed by atoms with Crippen LogP contribution < -0.4 is 16.0 Å². The van der Waals surface area contributed by atoms with E-state index in [9.17, 15) is 9.18 Å². The van der Waals surface area contributed by atoms with Gasteiger partial charge in [0.1, 0.15) is 5.82 Å². The molecule has 3 N–H and O–H groups in total. The number of aryl methyl sites for hydroxylation is 1. The Bertz CT molecular complexity index is 642. The third-order valence-electron chi connectivity index (χ3n) is 5.00. The van der Waals surface area contributed by atoms with Crippen molar-refractivity contribution in [2.75, 3.05) is 46.3 Å². The minimum absolute atomic E-state index is 0.277. The fourth-order valence-corrected chi connectivity index (χ4v) is 3.28. The zero-order valence-corrected chi connectivity index (χ0v) is 17.2. The van der Waals surface area contributed by atoms with Crippen molar-refractivity contribution in [1.29, 1.82) is 0 Å². The molecule has 0 saturated carbocycles. The van der Waals surface area contributed by atoms with E-state index in [2.05, 4.69) is 25.8 Å². The number of rotatable bonds is 8. The van der Waals surface area contributed by atoms with Crippen molar-refractivity contribution in [1.82, 2.24) is 20.9 Å². The summed E-state index contributed by atoms with van der Waals surface area (Å²) in [6.45, 7) is 7.08. The van der Waals surface area contributed by atoms with Crippen LogP contribution in [0.15, 0.2) is 23.2 Å². The van der Waals surface area contributed by atoms with Crippen LogP contribution in [0, 0.1) is 12.7 Å². The van der Waals surface area contributed by atoms with Gasteiger partial charge in [-0.2, -0.15) is 0 Å². The van der Waals surface area contributed by atoms with E-state index in [4.69, 9.17) is 0 Å². The van der Waals surface area contributed by atoms with Crippen LogP contribution in [0.4, 0.5) is 4.39 Å². The molecule has 156 valence electrons. The molecule has 0 unspecified atom stereocenters. The Hall–Kier alpha value is -2.15. The standard InChI is InChI=1S/C21H34FN5O/c1-17-8-9-18(16-19(17)22)20(28)24-11-12-26-21(23-2)25-10-7-15-27-13-5-3-4-6-14-27/h8-9,16H,3-7,10-15H2,1-2H3,(H,24,28)(H2,23,25,26). The molecule has 0 aromatic heterocycles. The zero-order chi connectivity index (χ0) is 20.2. The van der Waals surface area contributed by atoms with E-state index in [1.807, 2.05) is 0 Å². The first kappa shape index (κ1) is 22.1. The third-order valence-corrected chi connectivity index (χ3v) is 5.00. The lowest BCUT2D eigenvalue weighted by Crippen LogP contribution is -2.42. The maximum atomic E-state index is 13.5. The second-order valence-electron chi connectivity index (χ2n) is 7.26. The highest BCUT2D eigenvalue weighted by atomic mass is 19.1. The SMILES string of the molecule is CN=C(NCCCN1CCCCCC1)NCCNC(=O)c1ccc(C)c(F)c1. The Morgan fingerprint density at radius 1 is 1.07 bits per heavy atom. The highest BCUT2D eigenvalue weighted by Gasteiger charge is 2.09. The Morgan fingerprint density at radius 2 is 1.75 bits per heavy atom. The maximum absolute atomic E-state index is 13.5. The number of hydrogen-bond donors (Lipinski definition) is 3. The van der Waals surface area contributed by atoms with Gasteiger partial charge in [0.25, 0.3) is 5.91 Å². The number of carbonyl (C=O) groups excluding carboxylic acids is 1. The van der Waals surface area contributed by atoms with Gasteiger partial charge in [-0.05, 0) is 63.5 Å². The summed E-state index contributed by atoms with van der Waals surface area (Å²) in [5, 5.41) is 9.27. The molecule has 7 heteroatoms. The minimum Gasteiger partial charge on any atom is -0.356 e. The average Bonchev–Trinajstić information content (AvgIpc) is 2.97. The number of hydrogen-bond acceptors (Lipinski definition) is 3. The van der Waals surface area contributed by atoms with Gasteiger partial charge in [0.15, 0.2) is 5.96 Å². The summed E-state index contributed by atoms with van der Waals surface area (Å²) in [7, 11) is 1.73. The molecule has 1 aromatic carbocycles. The summed E-state index contributed by atoms with van der Waals surface area (Å²) in [4.78, 5) is 18.8. The third kappa shape index (κ3) is 7.84. The van der Waals surface area contributed by atoms with Crippen molar-refractivity contribution in [3.05, 3.63) is 35.1 Å². The van der Waals surface area contributed by atoms with E-state index < -0.39 is 0 Å². The molecule has 2 rings (SSSR count). The number of likely N-dealkylation sites (tertiary alicyclic amines) is 1. The summed E-state index contributed by atoms with van der Waals surface area (Å²) < 4.78 is 13.5. The predicted molar refractivity (Wildman–Crippen MR) is 112 cm³/mol. The molecule has 0 spiro atoms. The van der Waals surface area contributed by atoms with Gasteiger partial charge in [-0.15, -0.1) is 0 Å². The summed E-state index contributed by atoms with van der Waals surface area (Å²) in [6.07, 6.45) is 6.44. The molecule has 0 radical (unpaired) electrons. The molecule has 1 aliphatic rings. The molecule has 1 aromatic rings. The maximum Gasteiger partial charge on any atom is 0.251 e. The van der Waals surface area contributed by atoms with E-state index in [0.29, 0.717) is 24.2 Å². The summed E-state index contributed by atoms with van der Waals surface area (Å²) in [6, 6.07) is 4.51. The molecule has 0 bridgehead atoms. The number of carbonyl (C=O) groups is 1. The van der Waals surface area contributed by atoms with E-state index in [0.717, 1.165) is 25.5 Å². The fraction of sp³-hybridized carbons (Fsp3) is 0.619. The molecule has 1 aliphatic heterocycles. The average molecular weight is 392 g/mol. The number of amides is 1. The molecular weight excluding hydrogens is 357 g/mol. The predicted octanol–water partition coefficient (Wildman–Crippen LogP) is 2.30. The van der Waals surface area contributed by atoms with Gasteiger partial charge in [-0.25, -0.2) is 4.39 Å². The van der Waals surface area contributed by atoms with Gasteiger partial charge in [0, 0.05) is 32.2 Å². The van der Waals surface area contributed by atoms with Gasteiger partial charge in [0.2, 0.25) is 0 Å². The van der Waals surface area contributed by atoms with Crippen LogP contribution in [0.5, 0.6) is 0 Å². The molecule has 1 fully saturated rings. The quantitative estimate of drug-likeness (QED) is 0.361. The second kappa shape index (κ2) is 12.3. The zero-order valence-electron chi connectivity index (χ0n) is 17.2. The molecule has 28 heavy (non-hydrogen) atoms. The Labute approximate surface area is 168 Å². The molecular formula is C21H34FN5O. The first-order chi connectivity index (χ1) is 13.6. The number of nitrogens with zero attached hydrogens (tertiary/aromatic N) is 2. The van der Waals surface area contributed by atoms with Crippen molar-refractivity contribution in [3.8, 4) is 0 Å². The first-order valence-electron chi connectivity index (χ1n) is 10.3. The molecule has 0 aliphatic carbocycles. The van der Waals surface area contributed by atoms with Crippen molar-refractivity contribution < 1.29 is 9.18 Å². The molecule has 1 saturated heterocycles. The topological polar surface area (TPSA) is 68.8 Å². The highest BCUT2D eigenvalue weighted by Crippen LogP contribution is 2.10. The normalized spacial score (nSPS) is 15.8. The van der Waals surface area contributed by atoms with E-state index in [1.54, 1.807) is 26.1 Å². The van der Waals surface area contributed by atoms with Crippen molar-refractivity contribution in [2.24, 2.45) is 4.99 Å². The van der Waals surface area contributed by atoms with E-state index in [-0.39, 0.29) is 11.7 Å². The van der Waals surface area contributed by atoms with Crippen LogP contribution in [-0.4, -0.2) is 63.1 Å². The van der Waals surface area contributed by atoms with Crippen LogP contribution in [-0.2, 0) is 0 Å². The number of halogens is 1. The van der Waals surface area contributed by atoms with Gasteiger partial charge in [-0.3, -0.25) is 9.79 Å². The number of aliphatic imine (C=N–C) groups is 1.